The van der Waals surface area contributed by atoms with E-state index in [2.05, 4.69) is 0 Å². The fourth-order valence-electron chi connectivity index (χ4n) is 3.07. The van der Waals surface area contributed by atoms with E-state index in [9.17, 15) is 18.8 Å². The molecule has 2 rings (SSSR count). The van der Waals surface area contributed by atoms with Crippen LogP contribution in [0.5, 0.6) is 5.75 Å². The number of hydrogen-bond donors (Lipinski definition) is 1. The average Bonchev–Trinajstić information content (AvgIpc) is 2.78. The van der Waals surface area contributed by atoms with Crippen LogP contribution in [0.4, 0.5) is 9.18 Å². The number of imide groups is 1. The van der Waals surface area contributed by atoms with Crippen molar-refractivity contribution in [1.82, 2.24) is 4.90 Å². The van der Waals surface area contributed by atoms with Crippen LogP contribution in [0.3, 0.4) is 0 Å². The van der Waals surface area contributed by atoms with Crippen LogP contribution < -0.4 is 10.5 Å². The van der Waals surface area contributed by atoms with Crippen LogP contribution in [-0.4, -0.2) is 41.9 Å². The first-order valence-corrected chi connectivity index (χ1v) is 10.5. The van der Waals surface area contributed by atoms with Crippen LogP contribution in [0.1, 0.15) is 32.3 Å². The highest BCUT2D eigenvalue weighted by Crippen LogP contribution is 2.17. The van der Waals surface area contributed by atoms with E-state index in [1.54, 1.807) is 30.3 Å². The molecular weight excluding hydrogens is 415 g/mol. The lowest BCUT2D eigenvalue weighted by Gasteiger charge is -2.28. The Bertz CT molecular complexity index is 891. The van der Waals surface area contributed by atoms with E-state index in [4.69, 9.17) is 15.2 Å². The Kier molecular flexibility index (Phi) is 9.81. The van der Waals surface area contributed by atoms with Crippen molar-refractivity contribution in [2.24, 2.45) is 11.7 Å². The Morgan fingerprint density at radius 2 is 1.75 bits per heavy atom. The fraction of sp³-hybridized carbons (Fsp3) is 0.375. The molecule has 172 valence electrons. The molecule has 7 nitrogen and oxygen atoms in total. The van der Waals surface area contributed by atoms with Gasteiger partial charge in [-0.1, -0.05) is 56.3 Å². The summed E-state index contributed by atoms with van der Waals surface area (Å²) in [4.78, 5) is 38.3. The zero-order chi connectivity index (χ0) is 23.5. The molecule has 32 heavy (non-hydrogen) atoms. The van der Waals surface area contributed by atoms with Gasteiger partial charge in [0.1, 0.15) is 18.9 Å². The van der Waals surface area contributed by atoms with Crippen molar-refractivity contribution in [1.29, 1.82) is 0 Å². The number of hydrogen-bond acceptors (Lipinski definition) is 6. The Morgan fingerprint density at radius 1 is 1.09 bits per heavy atom. The van der Waals surface area contributed by atoms with Crippen molar-refractivity contribution in [2.75, 3.05) is 6.61 Å². The van der Waals surface area contributed by atoms with Crippen LogP contribution in [-0.2, 0) is 20.9 Å². The molecule has 0 radical (unpaired) electrons. The summed E-state index contributed by atoms with van der Waals surface area (Å²) in [5.74, 6) is -1.14. The van der Waals surface area contributed by atoms with Gasteiger partial charge in [-0.05, 0) is 30.0 Å². The topological polar surface area (TPSA) is 98.9 Å². The van der Waals surface area contributed by atoms with Gasteiger partial charge in [0.25, 0.3) is 0 Å². The molecule has 8 heteroatoms. The van der Waals surface area contributed by atoms with E-state index in [1.165, 1.54) is 18.2 Å². The standard InChI is InChI=1S/C24H29FN2O5/c1-17(2)14-21(26)23(29)27(24(30)32-16-18-8-4-3-5-9-18)19(15-28)12-13-31-22-11-7-6-10-20(22)25/h3-11,15,17,19,21H,12-14,16,26H2,1-2H3/t19?,21-/m0/s1. The molecule has 1 unspecified atom stereocenters. The lowest BCUT2D eigenvalue weighted by molar-refractivity contribution is -0.136. The molecule has 2 amide bonds. The third-order valence-electron chi connectivity index (χ3n) is 4.68. The molecule has 0 aliphatic heterocycles. The monoisotopic (exact) mass is 444 g/mol. The molecule has 2 N–H and O–H groups in total. The molecule has 0 fully saturated rings. The van der Waals surface area contributed by atoms with Crippen molar-refractivity contribution >= 4 is 18.3 Å². The second-order valence-corrected chi connectivity index (χ2v) is 7.76. The number of halogens is 1. The number of aldehydes is 1. The van der Waals surface area contributed by atoms with Crippen LogP contribution in [0, 0.1) is 11.7 Å². The van der Waals surface area contributed by atoms with Crippen molar-refractivity contribution in [2.45, 2.75) is 45.4 Å². The molecule has 0 saturated heterocycles. The van der Waals surface area contributed by atoms with Gasteiger partial charge in [-0.3, -0.25) is 4.79 Å². The predicted octanol–water partition coefficient (Wildman–Crippen LogP) is 3.70. The number of nitrogens with two attached hydrogens (primary N) is 1. The minimum absolute atomic E-state index is 0.0122. The third-order valence-corrected chi connectivity index (χ3v) is 4.68. The normalized spacial score (nSPS) is 12.7. The highest BCUT2D eigenvalue weighted by Gasteiger charge is 2.34. The van der Waals surface area contributed by atoms with Crippen LogP contribution in [0.15, 0.2) is 54.6 Å². The van der Waals surface area contributed by atoms with Gasteiger partial charge in [-0.2, -0.15) is 0 Å². The molecule has 2 atom stereocenters. The van der Waals surface area contributed by atoms with Gasteiger partial charge in [-0.15, -0.1) is 0 Å². The molecule has 0 aliphatic carbocycles. The lowest BCUT2D eigenvalue weighted by atomic mass is 10.0. The Hall–Kier alpha value is -3.26. The second-order valence-electron chi connectivity index (χ2n) is 7.76. The second kappa shape index (κ2) is 12.6. The van der Waals surface area contributed by atoms with Crippen molar-refractivity contribution in [3.05, 3.63) is 66.0 Å². The first kappa shape index (κ1) is 25.0. The number of nitrogens with zero attached hydrogens (tertiary/aromatic N) is 1. The van der Waals surface area contributed by atoms with Crippen molar-refractivity contribution in [3.63, 3.8) is 0 Å². The number of ether oxygens (including phenoxy) is 2. The van der Waals surface area contributed by atoms with Gasteiger partial charge < -0.3 is 20.0 Å². The summed E-state index contributed by atoms with van der Waals surface area (Å²) >= 11 is 0. The average molecular weight is 445 g/mol. The SMILES string of the molecule is CC(C)C[C@H](N)C(=O)N(C(=O)OCc1ccccc1)C(C=O)CCOc1ccccc1F. The minimum Gasteiger partial charge on any atom is -0.490 e. The highest BCUT2D eigenvalue weighted by molar-refractivity contribution is 5.97. The third kappa shape index (κ3) is 7.46. The molecule has 2 aromatic carbocycles. The van der Waals surface area contributed by atoms with Gasteiger partial charge in [0.05, 0.1) is 12.6 Å². The Labute approximate surface area is 187 Å². The summed E-state index contributed by atoms with van der Waals surface area (Å²) in [6.07, 6.45) is -0.216. The van der Waals surface area contributed by atoms with E-state index in [1.807, 2.05) is 19.9 Å². The molecule has 0 saturated carbocycles. The lowest BCUT2D eigenvalue weighted by Crippen LogP contribution is -2.53. The zero-order valence-corrected chi connectivity index (χ0v) is 18.3. The van der Waals surface area contributed by atoms with Gasteiger partial charge in [0.15, 0.2) is 11.6 Å². The summed E-state index contributed by atoms with van der Waals surface area (Å²) in [7, 11) is 0. The maximum atomic E-state index is 13.8. The summed E-state index contributed by atoms with van der Waals surface area (Å²) in [5, 5.41) is 0. The molecule has 2 aromatic rings. The number of carbonyl (C=O) groups excluding carboxylic acids is 3. The zero-order valence-electron chi connectivity index (χ0n) is 18.3. The number of amides is 2. The number of rotatable bonds is 11. The van der Waals surface area contributed by atoms with Crippen LogP contribution in [0.2, 0.25) is 0 Å². The van der Waals surface area contributed by atoms with Crippen molar-refractivity contribution in [3.8, 4) is 5.75 Å². The Balaban J connectivity index is 2.12. The van der Waals surface area contributed by atoms with Gasteiger partial charge in [0.2, 0.25) is 5.91 Å². The summed E-state index contributed by atoms with van der Waals surface area (Å²) < 4.78 is 24.4. The molecular formula is C24H29FN2O5. The van der Waals surface area contributed by atoms with Crippen LogP contribution in [0.25, 0.3) is 0 Å². The highest BCUT2D eigenvalue weighted by atomic mass is 19.1. The Morgan fingerprint density at radius 3 is 2.38 bits per heavy atom. The number of carbonyl (C=O) groups is 3. The first-order valence-electron chi connectivity index (χ1n) is 10.5. The molecule has 0 heterocycles. The predicted molar refractivity (Wildman–Crippen MR) is 117 cm³/mol. The van der Waals surface area contributed by atoms with Crippen molar-refractivity contribution < 1.29 is 28.2 Å². The fourth-order valence-corrected chi connectivity index (χ4v) is 3.07. The van der Waals surface area contributed by atoms with Gasteiger partial charge in [-0.25, -0.2) is 14.1 Å². The van der Waals surface area contributed by atoms with Gasteiger partial charge >= 0.3 is 6.09 Å². The first-order chi connectivity index (χ1) is 15.3. The summed E-state index contributed by atoms with van der Waals surface area (Å²) in [6, 6.07) is 12.6. The van der Waals surface area contributed by atoms with Gasteiger partial charge in [0, 0.05) is 6.42 Å². The summed E-state index contributed by atoms with van der Waals surface area (Å²) in [5.41, 5.74) is 6.73. The van der Waals surface area contributed by atoms with E-state index in [-0.39, 0.29) is 31.3 Å². The van der Waals surface area contributed by atoms with E-state index in [0.717, 1.165) is 10.5 Å². The number of benzene rings is 2. The summed E-state index contributed by atoms with van der Waals surface area (Å²) in [6.45, 7) is 3.62. The number of para-hydroxylation sites is 1. The van der Waals surface area contributed by atoms with E-state index in [0.29, 0.717) is 12.7 Å². The maximum Gasteiger partial charge on any atom is 0.417 e. The van der Waals surface area contributed by atoms with E-state index < -0.39 is 29.9 Å². The molecule has 0 aromatic heterocycles. The minimum atomic E-state index is -1.17. The molecule has 0 aliphatic rings. The smallest absolute Gasteiger partial charge is 0.417 e. The molecule has 0 spiro atoms. The quantitative estimate of drug-likeness (QED) is 0.531. The largest absolute Gasteiger partial charge is 0.490 e. The van der Waals surface area contributed by atoms with Crippen LogP contribution >= 0.6 is 0 Å². The maximum absolute atomic E-state index is 13.8. The molecule has 0 bridgehead atoms. The van der Waals surface area contributed by atoms with E-state index >= 15 is 0 Å².